The van der Waals surface area contributed by atoms with Crippen molar-refractivity contribution < 1.29 is 4.79 Å². The van der Waals surface area contributed by atoms with Crippen molar-refractivity contribution in [2.24, 2.45) is 0 Å². The van der Waals surface area contributed by atoms with Gasteiger partial charge in [0.15, 0.2) is 0 Å². The lowest BCUT2D eigenvalue weighted by Gasteiger charge is -2.21. The molecule has 33 heavy (non-hydrogen) atoms. The van der Waals surface area contributed by atoms with Gasteiger partial charge in [0.25, 0.3) is 0 Å². The standard InChI is InChI=1S/C22H28BN9O/c1-31(2)18-7-9-32(13-18)22(33)29-16-5-3-4-15(10-16)28-21-26-12-19(23)20(30-21)25-8-6-17-11-24-14-27-17/h3-5,10-12,14,18H,6-9,13H2,1-2H3,(H,24,27)(H,29,33)(H2,25,26,28,30)/t18-/m1/s1. The summed E-state index contributed by atoms with van der Waals surface area (Å²) in [6.07, 6.45) is 6.75. The van der Waals surface area contributed by atoms with Crippen LogP contribution in [0.2, 0.25) is 0 Å². The predicted octanol–water partition coefficient (Wildman–Crippen LogP) is 1.56. The zero-order chi connectivity index (χ0) is 23.2. The molecule has 4 rings (SSSR count). The van der Waals surface area contributed by atoms with Crippen LogP contribution in [-0.2, 0) is 6.42 Å². The van der Waals surface area contributed by atoms with Crippen LogP contribution in [0.4, 0.5) is 27.9 Å². The minimum Gasteiger partial charge on any atom is -0.370 e. The number of carbonyl (C=O) groups excluding carboxylic acids is 1. The fourth-order valence-corrected chi connectivity index (χ4v) is 3.68. The number of nitrogens with one attached hydrogen (secondary N) is 4. The molecule has 0 saturated carbocycles. The van der Waals surface area contributed by atoms with E-state index in [0.717, 1.165) is 37.3 Å². The number of amides is 2. The van der Waals surface area contributed by atoms with Gasteiger partial charge in [-0.05, 0) is 44.2 Å². The number of H-pyrrole nitrogens is 1. The number of nitrogens with zero attached hydrogens (tertiary/aromatic N) is 5. The molecule has 1 saturated heterocycles. The van der Waals surface area contributed by atoms with E-state index in [1.807, 2.05) is 43.3 Å². The summed E-state index contributed by atoms with van der Waals surface area (Å²) < 4.78 is 0. The van der Waals surface area contributed by atoms with Crippen LogP contribution in [0.3, 0.4) is 0 Å². The monoisotopic (exact) mass is 445 g/mol. The molecule has 11 heteroatoms. The molecule has 2 aromatic heterocycles. The molecular weight excluding hydrogens is 417 g/mol. The first-order chi connectivity index (χ1) is 16.0. The maximum absolute atomic E-state index is 12.6. The van der Waals surface area contributed by atoms with Crippen molar-refractivity contribution in [3.8, 4) is 0 Å². The third-order valence-corrected chi connectivity index (χ3v) is 5.61. The van der Waals surface area contributed by atoms with Gasteiger partial charge >= 0.3 is 6.03 Å². The molecule has 0 aliphatic carbocycles. The maximum atomic E-state index is 12.6. The highest BCUT2D eigenvalue weighted by molar-refractivity contribution is 6.35. The lowest BCUT2D eigenvalue weighted by Crippen LogP contribution is -2.36. The van der Waals surface area contributed by atoms with Gasteiger partial charge in [0.2, 0.25) is 5.95 Å². The Bertz CT molecular complexity index is 1070. The quantitative estimate of drug-likeness (QED) is 0.389. The summed E-state index contributed by atoms with van der Waals surface area (Å²) in [4.78, 5) is 32.5. The van der Waals surface area contributed by atoms with Crippen molar-refractivity contribution in [3.63, 3.8) is 0 Å². The number of rotatable bonds is 8. The van der Waals surface area contributed by atoms with E-state index in [2.05, 4.69) is 40.8 Å². The van der Waals surface area contributed by atoms with Crippen molar-refractivity contribution in [1.82, 2.24) is 29.7 Å². The van der Waals surface area contributed by atoms with Crippen LogP contribution < -0.4 is 21.4 Å². The molecule has 0 spiro atoms. The van der Waals surface area contributed by atoms with E-state index >= 15 is 0 Å². The first kappa shape index (κ1) is 22.6. The molecule has 1 aliphatic rings. The molecule has 4 N–H and O–H groups in total. The molecule has 0 unspecified atom stereocenters. The number of anilines is 4. The van der Waals surface area contributed by atoms with Crippen molar-refractivity contribution in [2.45, 2.75) is 18.9 Å². The summed E-state index contributed by atoms with van der Waals surface area (Å²) in [6.45, 7) is 2.13. The molecule has 1 fully saturated rings. The van der Waals surface area contributed by atoms with E-state index in [4.69, 9.17) is 7.85 Å². The molecule has 1 aliphatic heterocycles. The van der Waals surface area contributed by atoms with Crippen molar-refractivity contribution >= 4 is 42.5 Å². The Morgan fingerprint density at radius 1 is 1.30 bits per heavy atom. The summed E-state index contributed by atoms with van der Waals surface area (Å²) in [5.41, 5.74) is 2.95. The second-order valence-corrected chi connectivity index (χ2v) is 8.24. The maximum Gasteiger partial charge on any atom is 0.321 e. The van der Waals surface area contributed by atoms with Gasteiger partial charge in [0, 0.05) is 61.6 Å². The Kier molecular flexibility index (Phi) is 7.08. The molecule has 10 nitrogen and oxygen atoms in total. The molecule has 3 heterocycles. The van der Waals surface area contributed by atoms with Crippen LogP contribution in [0.25, 0.3) is 0 Å². The normalized spacial score (nSPS) is 15.6. The van der Waals surface area contributed by atoms with E-state index in [1.54, 1.807) is 18.7 Å². The number of hydrogen-bond acceptors (Lipinski definition) is 7. The van der Waals surface area contributed by atoms with Gasteiger partial charge in [0.05, 0.1) is 6.33 Å². The van der Waals surface area contributed by atoms with Crippen LogP contribution in [0.1, 0.15) is 12.1 Å². The Morgan fingerprint density at radius 2 is 2.15 bits per heavy atom. The second kappa shape index (κ2) is 10.3. The van der Waals surface area contributed by atoms with Gasteiger partial charge in [-0.2, -0.15) is 4.98 Å². The van der Waals surface area contributed by atoms with Gasteiger partial charge in [0.1, 0.15) is 13.7 Å². The zero-order valence-corrected chi connectivity index (χ0v) is 18.9. The summed E-state index contributed by atoms with van der Waals surface area (Å²) >= 11 is 0. The Morgan fingerprint density at radius 3 is 2.91 bits per heavy atom. The van der Waals surface area contributed by atoms with Gasteiger partial charge in [-0.1, -0.05) is 6.07 Å². The number of likely N-dealkylation sites (N-methyl/N-ethyl adjacent to an activating group) is 1. The third-order valence-electron chi connectivity index (χ3n) is 5.61. The summed E-state index contributed by atoms with van der Waals surface area (Å²) in [7, 11) is 10.1. The Labute approximate surface area is 194 Å². The van der Waals surface area contributed by atoms with Crippen LogP contribution in [0.15, 0.2) is 43.0 Å². The lowest BCUT2D eigenvalue weighted by molar-refractivity contribution is 0.216. The molecule has 1 aromatic carbocycles. The third kappa shape index (κ3) is 6.01. The number of hydrogen-bond donors (Lipinski definition) is 4. The average molecular weight is 445 g/mol. The predicted molar refractivity (Wildman–Crippen MR) is 131 cm³/mol. The number of likely N-dealkylation sites (tertiary alicyclic amines) is 1. The summed E-state index contributed by atoms with van der Waals surface area (Å²) in [6, 6.07) is 7.76. The number of aromatic amines is 1. The van der Waals surface area contributed by atoms with Crippen LogP contribution in [0.5, 0.6) is 0 Å². The fourth-order valence-electron chi connectivity index (χ4n) is 3.68. The summed E-state index contributed by atoms with van der Waals surface area (Å²) in [5.74, 6) is 0.964. The van der Waals surface area contributed by atoms with Gasteiger partial charge < -0.3 is 30.7 Å². The van der Waals surface area contributed by atoms with Gasteiger partial charge in [-0.3, -0.25) is 0 Å². The van der Waals surface area contributed by atoms with E-state index < -0.39 is 0 Å². The van der Waals surface area contributed by atoms with Gasteiger partial charge in [-0.15, -0.1) is 0 Å². The van der Waals surface area contributed by atoms with Crippen LogP contribution in [-0.4, -0.2) is 83.4 Å². The zero-order valence-electron chi connectivity index (χ0n) is 18.9. The highest BCUT2D eigenvalue weighted by atomic mass is 16.2. The smallest absolute Gasteiger partial charge is 0.321 e. The average Bonchev–Trinajstić information content (AvgIpc) is 3.49. The molecule has 2 radical (unpaired) electrons. The van der Waals surface area contributed by atoms with Crippen molar-refractivity contribution in [3.05, 3.63) is 48.7 Å². The second-order valence-electron chi connectivity index (χ2n) is 8.24. The van der Waals surface area contributed by atoms with Crippen molar-refractivity contribution in [1.29, 1.82) is 0 Å². The molecular formula is C22H28BN9O. The first-order valence-electron chi connectivity index (χ1n) is 10.9. The molecule has 2 amide bonds. The minimum atomic E-state index is -0.0935. The highest BCUT2D eigenvalue weighted by Gasteiger charge is 2.27. The van der Waals surface area contributed by atoms with E-state index in [9.17, 15) is 4.79 Å². The summed E-state index contributed by atoms with van der Waals surface area (Å²) in [5, 5.41) is 9.38. The fraction of sp³-hybridized carbons (Fsp3) is 0.364. The molecule has 3 aromatic rings. The molecule has 1 atom stereocenters. The first-order valence-corrected chi connectivity index (χ1v) is 10.9. The van der Waals surface area contributed by atoms with Crippen LogP contribution in [0, 0.1) is 0 Å². The van der Waals surface area contributed by atoms with E-state index in [-0.39, 0.29) is 6.03 Å². The van der Waals surface area contributed by atoms with Crippen LogP contribution >= 0.6 is 0 Å². The van der Waals surface area contributed by atoms with E-state index in [1.165, 1.54) is 0 Å². The SMILES string of the molecule is [B]c1cnc(Nc2cccc(NC(=O)N3CC[C@@H](N(C)C)C3)c2)nc1NCCc1cnc[nH]1. The van der Waals surface area contributed by atoms with Gasteiger partial charge in [-0.25, -0.2) is 14.8 Å². The number of imidazole rings is 1. The number of urea groups is 1. The number of carbonyl (C=O) groups is 1. The molecule has 170 valence electrons. The van der Waals surface area contributed by atoms with Crippen molar-refractivity contribution in [2.75, 3.05) is 49.7 Å². The minimum absolute atomic E-state index is 0.0935. The highest BCUT2D eigenvalue weighted by Crippen LogP contribution is 2.20. The largest absolute Gasteiger partial charge is 0.370 e. The number of benzene rings is 1. The topological polar surface area (TPSA) is 114 Å². The van der Waals surface area contributed by atoms with E-state index in [0.29, 0.717) is 35.5 Å². The molecule has 0 bridgehead atoms. The number of aromatic nitrogens is 4. The Balaban J connectivity index is 1.35. The Hall–Kier alpha value is -3.60. The lowest BCUT2D eigenvalue weighted by atomic mass is 9.99.